The van der Waals surface area contributed by atoms with Crippen molar-refractivity contribution < 1.29 is 4.42 Å². The van der Waals surface area contributed by atoms with E-state index in [0.29, 0.717) is 17.5 Å². The first kappa shape index (κ1) is 31.9. The Labute approximate surface area is 322 Å². The Morgan fingerprint density at radius 2 is 0.804 bits per heavy atom. The van der Waals surface area contributed by atoms with Crippen molar-refractivity contribution in [3.63, 3.8) is 0 Å². The summed E-state index contributed by atoms with van der Waals surface area (Å²) in [6, 6.07) is 67.6. The molecule has 0 saturated carbocycles. The summed E-state index contributed by atoms with van der Waals surface area (Å²) in [6.45, 7) is 0. The van der Waals surface area contributed by atoms with Crippen LogP contribution in [0, 0.1) is 0 Å². The first-order valence-electron chi connectivity index (χ1n) is 18.8. The van der Waals surface area contributed by atoms with Crippen LogP contribution in [0.1, 0.15) is 0 Å². The van der Waals surface area contributed by atoms with Crippen LogP contribution in [0.5, 0.6) is 0 Å². The topological polar surface area (TPSA) is 56.7 Å². The average molecular weight is 717 g/mol. The minimum atomic E-state index is 0.639. The molecule has 0 atom stereocenters. The highest BCUT2D eigenvalue weighted by atomic mass is 16.3. The Bertz CT molecular complexity index is 3180. The van der Waals surface area contributed by atoms with Crippen molar-refractivity contribution in [1.29, 1.82) is 0 Å². The van der Waals surface area contributed by atoms with Crippen molar-refractivity contribution in [2.45, 2.75) is 0 Å². The smallest absolute Gasteiger partial charge is 0.164 e. The second-order valence-electron chi connectivity index (χ2n) is 14.1. The van der Waals surface area contributed by atoms with Gasteiger partial charge in [0.25, 0.3) is 0 Å². The van der Waals surface area contributed by atoms with Gasteiger partial charge < -0.3 is 8.98 Å². The number of nitrogens with zero attached hydrogens (tertiary/aromatic N) is 4. The number of aromatic nitrogens is 4. The molecule has 3 aromatic heterocycles. The summed E-state index contributed by atoms with van der Waals surface area (Å²) in [6.07, 6.45) is 0. The van der Waals surface area contributed by atoms with Gasteiger partial charge in [-0.05, 0) is 70.8 Å². The maximum Gasteiger partial charge on any atom is 0.164 e. The highest BCUT2D eigenvalue weighted by Gasteiger charge is 2.16. The third-order valence-electron chi connectivity index (χ3n) is 10.7. The zero-order valence-electron chi connectivity index (χ0n) is 30.2. The van der Waals surface area contributed by atoms with Crippen LogP contribution in [0.2, 0.25) is 0 Å². The minimum absolute atomic E-state index is 0.639. The monoisotopic (exact) mass is 716 g/mol. The van der Waals surface area contributed by atoms with E-state index in [2.05, 4.69) is 126 Å². The zero-order chi connectivity index (χ0) is 37.0. The second kappa shape index (κ2) is 13.0. The summed E-state index contributed by atoms with van der Waals surface area (Å²) in [5.74, 6) is 1.94. The van der Waals surface area contributed by atoms with Crippen LogP contribution in [0.4, 0.5) is 0 Å². The van der Waals surface area contributed by atoms with Crippen molar-refractivity contribution >= 4 is 43.7 Å². The molecule has 262 valence electrons. The normalized spacial score (nSPS) is 11.6. The minimum Gasteiger partial charge on any atom is -0.456 e. The van der Waals surface area contributed by atoms with E-state index in [1.54, 1.807) is 0 Å². The van der Waals surface area contributed by atoms with Gasteiger partial charge >= 0.3 is 0 Å². The van der Waals surface area contributed by atoms with Gasteiger partial charge in [0.05, 0.1) is 11.0 Å². The van der Waals surface area contributed by atoms with E-state index in [1.807, 2.05) is 72.8 Å². The van der Waals surface area contributed by atoms with Crippen LogP contribution < -0.4 is 0 Å². The molecule has 0 aliphatic rings. The Hall–Kier alpha value is -7.63. The molecule has 0 unspecified atom stereocenters. The third kappa shape index (κ3) is 5.45. The lowest BCUT2D eigenvalue weighted by Gasteiger charge is -2.11. The molecule has 0 radical (unpaired) electrons. The zero-order valence-corrected chi connectivity index (χ0v) is 30.2. The van der Waals surface area contributed by atoms with Crippen LogP contribution in [0.3, 0.4) is 0 Å². The van der Waals surface area contributed by atoms with Crippen molar-refractivity contribution in [2.24, 2.45) is 0 Å². The summed E-state index contributed by atoms with van der Waals surface area (Å²) in [5, 5.41) is 4.70. The molecule has 0 N–H and O–H groups in total. The molecule has 5 nitrogen and oxygen atoms in total. The summed E-state index contributed by atoms with van der Waals surface area (Å²) in [4.78, 5) is 14.7. The average Bonchev–Trinajstić information content (AvgIpc) is 3.82. The molecule has 0 bridgehead atoms. The van der Waals surface area contributed by atoms with E-state index < -0.39 is 0 Å². The molecule has 5 heteroatoms. The highest BCUT2D eigenvalue weighted by Crippen LogP contribution is 2.38. The Kier molecular flexibility index (Phi) is 7.42. The largest absolute Gasteiger partial charge is 0.456 e. The molecular weight excluding hydrogens is 685 g/mol. The number of hydrogen-bond donors (Lipinski definition) is 0. The molecule has 0 spiro atoms. The van der Waals surface area contributed by atoms with E-state index in [9.17, 15) is 0 Å². The fourth-order valence-electron chi connectivity index (χ4n) is 7.91. The van der Waals surface area contributed by atoms with Crippen molar-refractivity contribution in [2.75, 3.05) is 0 Å². The molecule has 56 heavy (non-hydrogen) atoms. The summed E-state index contributed by atoms with van der Waals surface area (Å²) < 4.78 is 8.61. The van der Waals surface area contributed by atoms with Gasteiger partial charge in [-0.1, -0.05) is 146 Å². The standard InChI is InChI=1S/C51H32N4O/c1-3-12-34(13-4-1)49-52-50(35-14-5-2-6-15-35)54-51(53-49)36-24-22-33(23-25-36)37-16-11-17-40(30-37)55-45-20-9-7-18-41(45)44-31-38(27-29-46(44)55)39-26-28-43-42-19-8-10-21-47(42)56-48(43)32-39/h1-32H. The van der Waals surface area contributed by atoms with Gasteiger partial charge in [0.15, 0.2) is 17.5 Å². The van der Waals surface area contributed by atoms with E-state index >= 15 is 0 Å². The number of fused-ring (bicyclic) bond motifs is 6. The first-order chi connectivity index (χ1) is 27.7. The number of rotatable bonds is 6. The second-order valence-corrected chi connectivity index (χ2v) is 14.1. The molecule has 0 fully saturated rings. The van der Waals surface area contributed by atoms with Crippen LogP contribution in [-0.2, 0) is 0 Å². The van der Waals surface area contributed by atoms with Gasteiger partial charge in [0.1, 0.15) is 11.2 Å². The fraction of sp³-hybridized carbons (Fsp3) is 0. The lowest BCUT2D eigenvalue weighted by Crippen LogP contribution is -2.00. The Balaban J connectivity index is 0.962. The van der Waals surface area contributed by atoms with Gasteiger partial charge in [-0.15, -0.1) is 0 Å². The Morgan fingerprint density at radius 1 is 0.304 bits per heavy atom. The number of para-hydroxylation sites is 2. The van der Waals surface area contributed by atoms with Crippen LogP contribution >= 0.6 is 0 Å². The van der Waals surface area contributed by atoms with Crippen LogP contribution in [-0.4, -0.2) is 19.5 Å². The molecule has 0 saturated heterocycles. The van der Waals surface area contributed by atoms with E-state index in [-0.39, 0.29) is 0 Å². The van der Waals surface area contributed by atoms with Gasteiger partial charge in [-0.3, -0.25) is 0 Å². The summed E-state index contributed by atoms with van der Waals surface area (Å²) >= 11 is 0. The molecule has 3 heterocycles. The number of benzene rings is 8. The molecule has 11 rings (SSSR count). The molecule has 11 aromatic rings. The van der Waals surface area contributed by atoms with E-state index in [0.717, 1.165) is 77.6 Å². The summed E-state index contributed by atoms with van der Waals surface area (Å²) in [7, 11) is 0. The van der Waals surface area contributed by atoms with Crippen LogP contribution in [0.25, 0.3) is 106 Å². The lowest BCUT2D eigenvalue weighted by atomic mass is 10.0. The lowest BCUT2D eigenvalue weighted by molar-refractivity contribution is 0.669. The molecule has 8 aromatic carbocycles. The number of furan rings is 1. The molecule has 0 aliphatic heterocycles. The SMILES string of the molecule is c1ccc(-c2nc(-c3ccccc3)nc(-c3ccc(-c4cccc(-n5c6ccccc6c6cc(-c7ccc8c(c7)oc7ccccc78)ccc65)c4)cc3)n2)cc1. The van der Waals surface area contributed by atoms with Crippen molar-refractivity contribution in [3.05, 3.63) is 194 Å². The number of hydrogen-bond acceptors (Lipinski definition) is 4. The van der Waals surface area contributed by atoms with Crippen molar-refractivity contribution in [1.82, 2.24) is 19.5 Å². The van der Waals surface area contributed by atoms with Gasteiger partial charge in [0, 0.05) is 43.9 Å². The van der Waals surface area contributed by atoms with Gasteiger partial charge in [-0.25, -0.2) is 15.0 Å². The quantitative estimate of drug-likeness (QED) is 0.172. The predicted octanol–water partition coefficient (Wildman–Crippen LogP) is 13.2. The van der Waals surface area contributed by atoms with Gasteiger partial charge in [0.2, 0.25) is 0 Å². The highest BCUT2D eigenvalue weighted by molar-refractivity contribution is 6.11. The maximum absolute atomic E-state index is 6.24. The van der Waals surface area contributed by atoms with E-state index in [4.69, 9.17) is 19.4 Å². The molecule has 0 amide bonds. The summed E-state index contributed by atoms with van der Waals surface area (Å²) in [5.41, 5.74) is 12.6. The Morgan fingerprint density at radius 3 is 1.54 bits per heavy atom. The fourth-order valence-corrected chi connectivity index (χ4v) is 7.91. The van der Waals surface area contributed by atoms with Gasteiger partial charge in [-0.2, -0.15) is 0 Å². The van der Waals surface area contributed by atoms with Crippen LogP contribution in [0.15, 0.2) is 199 Å². The maximum atomic E-state index is 6.24. The first-order valence-corrected chi connectivity index (χ1v) is 18.8. The van der Waals surface area contributed by atoms with Crippen molar-refractivity contribution in [3.8, 4) is 62.1 Å². The van der Waals surface area contributed by atoms with E-state index in [1.165, 1.54) is 10.8 Å². The predicted molar refractivity (Wildman–Crippen MR) is 229 cm³/mol. The molecule has 0 aliphatic carbocycles. The molecular formula is C51H32N4O. The third-order valence-corrected chi connectivity index (χ3v) is 10.7.